The topological polar surface area (TPSA) is 49.0 Å². The van der Waals surface area contributed by atoms with Crippen molar-refractivity contribution in [1.29, 1.82) is 0 Å². The zero-order valence-electron chi connectivity index (χ0n) is 13.0. The van der Waals surface area contributed by atoms with Crippen molar-refractivity contribution in [2.24, 2.45) is 11.8 Å². The Bertz CT molecular complexity index is 684. The van der Waals surface area contributed by atoms with Crippen LogP contribution in [-0.2, 0) is 0 Å². The van der Waals surface area contributed by atoms with Crippen LogP contribution in [0, 0.1) is 11.8 Å². The van der Waals surface area contributed by atoms with Gasteiger partial charge in [0.1, 0.15) is 5.82 Å². The van der Waals surface area contributed by atoms with Crippen LogP contribution in [0.4, 0.5) is 0 Å². The molecule has 0 bridgehead atoms. The minimum Gasteiger partial charge on any atom is -0.309 e. The third-order valence-electron chi connectivity index (χ3n) is 4.47. The molecule has 112 valence electrons. The molecule has 0 amide bonds. The van der Waals surface area contributed by atoms with Crippen molar-refractivity contribution < 1.29 is 0 Å². The van der Waals surface area contributed by atoms with E-state index in [1.165, 1.54) is 6.42 Å². The molecule has 4 nitrogen and oxygen atoms in total. The fourth-order valence-electron chi connectivity index (χ4n) is 3.50. The Hall–Kier alpha value is -1.68. The van der Waals surface area contributed by atoms with Gasteiger partial charge in [0.05, 0.1) is 16.9 Å². The van der Waals surface area contributed by atoms with E-state index in [1.54, 1.807) is 0 Å². The molecular weight excluding hydrogens is 262 g/mol. The SMILES string of the molecule is CC1CC(C)CN(C(C)c2nc3ccccc3c(=O)[nH]2)C1. The number of nitrogens with zero attached hydrogens (tertiary/aromatic N) is 2. The van der Waals surface area contributed by atoms with Crippen molar-refractivity contribution >= 4 is 10.9 Å². The summed E-state index contributed by atoms with van der Waals surface area (Å²) < 4.78 is 0. The number of aromatic nitrogens is 2. The highest BCUT2D eigenvalue weighted by molar-refractivity contribution is 5.77. The molecule has 1 aliphatic heterocycles. The van der Waals surface area contributed by atoms with Crippen LogP contribution in [0.3, 0.4) is 0 Å². The number of benzene rings is 1. The normalized spacial score (nSPS) is 25.1. The summed E-state index contributed by atoms with van der Waals surface area (Å²) in [5.41, 5.74) is 0.738. The summed E-state index contributed by atoms with van der Waals surface area (Å²) in [6.07, 6.45) is 1.28. The van der Waals surface area contributed by atoms with Crippen LogP contribution in [0.2, 0.25) is 0 Å². The zero-order valence-corrected chi connectivity index (χ0v) is 13.0. The molecule has 4 heteroatoms. The average molecular weight is 285 g/mol. The second-order valence-electron chi connectivity index (χ2n) is 6.54. The lowest BCUT2D eigenvalue weighted by molar-refractivity contribution is 0.0992. The van der Waals surface area contributed by atoms with Crippen LogP contribution in [-0.4, -0.2) is 28.0 Å². The average Bonchev–Trinajstić information content (AvgIpc) is 2.45. The van der Waals surface area contributed by atoms with E-state index in [0.717, 1.165) is 24.4 Å². The number of hydrogen-bond donors (Lipinski definition) is 1. The summed E-state index contributed by atoms with van der Waals surface area (Å²) in [4.78, 5) is 22.3. The molecule has 1 N–H and O–H groups in total. The van der Waals surface area contributed by atoms with Gasteiger partial charge in [-0.05, 0) is 37.3 Å². The van der Waals surface area contributed by atoms with Gasteiger partial charge < -0.3 is 4.98 Å². The first kappa shape index (κ1) is 14.3. The number of rotatable bonds is 2. The van der Waals surface area contributed by atoms with E-state index in [-0.39, 0.29) is 11.6 Å². The summed E-state index contributed by atoms with van der Waals surface area (Å²) in [5, 5.41) is 0.661. The maximum Gasteiger partial charge on any atom is 0.258 e. The smallest absolute Gasteiger partial charge is 0.258 e. The van der Waals surface area contributed by atoms with Crippen molar-refractivity contribution in [2.45, 2.75) is 33.2 Å². The number of piperidine rings is 1. The molecule has 1 fully saturated rings. The van der Waals surface area contributed by atoms with Crippen molar-refractivity contribution in [3.05, 3.63) is 40.4 Å². The molecule has 0 aliphatic carbocycles. The van der Waals surface area contributed by atoms with Crippen molar-refractivity contribution in [2.75, 3.05) is 13.1 Å². The van der Waals surface area contributed by atoms with Crippen LogP contribution >= 0.6 is 0 Å². The molecule has 1 saturated heterocycles. The van der Waals surface area contributed by atoms with Gasteiger partial charge in [0.25, 0.3) is 5.56 Å². The first-order chi connectivity index (χ1) is 10.0. The monoisotopic (exact) mass is 285 g/mol. The van der Waals surface area contributed by atoms with Gasteiger partial charge in [-0.15, -0.1) is 0 Å². The van der Waals surface area contributed by atoms with Gasteiger partial charge in [-0.2, -0.15) is 0 Å². The fraction of sp³-hybridized carbons (Fsp3) is 0.529. The molecule has 3 rings (SSSR count). The third kappa shape index (κ3) is 2.86. The Morgan fingerprint density at radius 3 is 2.62 bits per heavy atom. The van der Waals surface area contributed by atoms with Gasteiger partial charge in [-0.25, -0.2) is 4.98 Å². The first-order valence-electron chi connectivity index (χ1n) is 7.77. The van der Waals surface area contributed by atoms with Gasteiger partial charge in [0, 0.05) is 13.1 Å². The first-order valence-corrected chi connectivity index (χ1v) is 7.77. The molecular formula is C17H23N3O. The van der Waals surface area contributed by atoms with E-state index in [4.69, 9.17) is 0 Å². The number of para-hydroxylation sites is 1. The van der Waals surface area contributed by atoms with E-state index >= 15 is 0 Å². The van der Waals surface area contributed by atoms with Gasteiger partial charge in [0.2, 0.25) is 0 Å². The van der Waals surface area contributed by atoms with E-state index in [0.29, 0.717) is 17.2 Å². The zero-order chi connectivity index (χ0) is 15.0. The van der Waals surface area contributed by atoms with Crippen LogP contribution in [0.5, 0.6) is 0 Å². The third-order valence-corrected chi connectivity index (χ3v) is 4.47. The minimum atomic E-state index is -0.0412. The van der Waals surface area contributed by atoms with Crippen LogP contribution in [0.25, 0.3) is 10.9 Å². The molecule has 3 atom stereocenters. The predicted octanol–water partition coefficient (Wildman–Crippen LogP) is 2.96. The summed E-state index contributed by atoms with van der Waals surface area (Å²) in [5.74, 6) is 2.17. The number of hydrogen-bond acceptors (Lipinski definition) is 3. The molecule has 2 aromatic rings. The molecule has 3 unspecified atom stereocenters. The van der Waals surface area contributed by atoms with Crippen LogP contribution in [0.1, 0.15) is 39.1 Å². The van der Waals surface area contributed by atoms with Crippen molar-refractivity contribution in [3.63, 3.8) is 0 Å². The van der Waals surface area contributed by atoms with Crippen LogP contribution < -0.4 is 5.56 Å². The number of H-pyrrole nitrogens is 1. The molecule has 2 heterocycles. The van der Waals surface area contributed by atoms with Gasteiger partial charge in [-0.3, -0.25) is 9.69 Å². The quantitative estimate of drug-likeness (QED) is 0.923. The summed E-state index contributed by atoms with van der Waals surface area (Å²) >= 11 is 0. The standard InChI is InChI=1S/C17H23N3O/c1-11-8-12(2)10-20(9-11)13(3)16-18-15-7-5-4-6-14(15)17(21)19-16/h4-7,11-13H,8-10H2,1-3H3,(H,18,19,21). The van der Waals surface area contributed by atoms with E-state index < -0.39 is 0 Å². The minimum absolute atomic E-state index is 0.0412. The Morgan fingerprint density at radius 1 is 1.24 bits per heavy atom. The lowest BCUT2D eigenvalue weighted by Crippen LogP contribution is -2.41. The van der Waals surface area contributed by atoms with Gasteiger partial charge >= 0.3 is 0 Å². The van der Waals surface area contributed by atoms with E-state index in [2.05, 4.69) is 35.6 Å². The molecule has 1 aromatic heterocycles. The number of aromatic amines is 1. The van der Waals surface area contributed by atoms with Crippen molar-refractivity contribution in [3.8, 4) is 0 Å². The maximum absolute atomic E-state index is 12.2. The molecule has 21 heavy (non-hydrogen) atoms. The lowest BCUT2D eigenvalue weighted by atomic mass is 9.91. The highest BCUT2D eigenvalue weighted by Gasteiger charge is 2.27. The predicted molar refractivity (Wildman–Crippen MR) is 85.3 cm³/mol. The molecule has 0 spiro atoms. The second-order valence-corrected chi connectivity index (χ2v) is 6.54. The summed E-state index contributed by atoms with van der Waals surface area (Å²) in [6.45, 7) is 8.87. The molecule has 0 saturated carbocycles. The van der Waals surface area contributed by atoms with E-state index in [9.17, 15) is 4.79 Å². The van der Waals surface area contributed by atoms with Crippen LogP contribution in [0.15, 0.2) is 29.1 Å². The molecule has 0 radical (unpaired) electrons. The molecule has 1 aromatic carbocycles. The number of fused-ring (bicyclic) bond motifs is 1. The van der Waals surface area contributed by atoms with Crippen molar-refractivity contribution in [1.82, 2.24) is 14.9 Å². The Kier molecular flexibility index (Phi) is 3.81. The maximum atomic E-state index is 12.2. The van der Waals surface area contributed by atoms with E-state index in [1.807, 2.05) is 24.3 Å². The largest absolute Gasteiger partial charge is 0.309 e. The van der Waals surface area contributed by atoms with Gasteiger partial charge in [-0.1, -0.05) is 26.0 Å². The summed E-state index contributed by atoms with van der Waals surface area (Å²) in [7, 11) is 0. The highest BCUT2D eigenvalue weighted by atomic mass is 16.1. The number of likely N-dealkylation sites (tertiary alicyclic amines) is 1. The molecule has 1 aliphatic rings. The fourth-order valence-corrected chi connectivity index (χ4v) is 3.50. The van der Waals surface area contributed by atoms with Gasteiger partial charge in [0.15, 0.2) is 0 Å². The Morgan fingerprint density at radius 2 is 1.90 bits per heavy atom. The Balaban J connectivity index is 1.94. The summed E-state index contributed by atoms with van der Waals surface area (Å²) in [6, 6.07) is 7.67. The highest BCUT2D eigenvalue weighted by Crippen LogP contribution is 2.27. The Labute approximate surface area is 125 Å². The lowest BCUT2D eigenvalue weighted by Gasteiger charge is -2.38. The second kappa shape index (κ2) is 5.60. The number of nitrogens with one attached hydrogen (secondary N) is 1.